The van der Waals surface area contributed by atoms with Crippen LogP contribution in [-0.2, 0) is 10.3 Å². The molecule has 1 saturated heterocycles. The highest BCUT2D eigenvalue weighted by Gasteiger charge is 2.57. The Morgan fingerprint density at radius 1 is 1.23 bits per heavy atom. The fourth-order valence-corrected chi connectivity index (χ4v) is 6.51. The van der Waals surface area contributed by atoms with Crippen molar-refractivity contribution >= 4 is 33.4 Å². The van der Waals surface area contributed by atoms with Crippen molar-refractivity contribution in [3.63, 3.8) is 0 Å². The van der Waals surface area contributed by atoms with Gasteiger partial charge in [-0.3, -0.25) is 4.98 Å². The van der Waals surface area contributed by atoms with Crippen molar-refractivity contribution in [3.05, 3.63) is 40.7 Å². The van der Waals surface area contributed by atoms with Crippen molar-refractivity contribution in [1.29, 1.82) is 0 Å². The number of hydrogen-bond acceptors (Lipinski definition) is 8. The standard InChI is InChI=1S/C25H28N6O3S/c1-13-6-17(29-31-11-14(2)27-21(13)31)19-10-26-18-8-20(35-22(18)28-19)25(33)9-16-7-15(25)12-30(16)23(32)34-24(3,4)5/h6,8,10-11,15-16,33H,7,9,12H2,1-5H3/t15-,16-,25-/m1/s1. The molecule has 2 fully saturated rings. The van der Waals surface area contributed by atoms with Gasteiger partial charge in [0.1, 0.15) is 32.9 Å². The Balaban J connectivity index is 1.28. The Kier molecular flexibility index (Phi) is 4.76. The number of thiophene rings is 1. The van der Waals surface area contributed by atoms with Gasteiger partial charge in [0.25, 0.3) is 0 Å². The number of aryl methyl sites for hydroxylation is 2. The van der Waals surface area contributed by atoms with Crippen molar-refractivity contribution in [2.75, 3.05) is 6.54 Å². The van der Waals surface area contributed by atoms with Crippen molar-refractivity contribution in [1.82, 2.24) is 29.5 Å². The van der Waals surface area contributed by atoms with E-state index in [2.05, 4.69) is 15.1 Å². The zero-order chi connectivity index (χ0) is 24.7. The highest BCUT2D eigenvalue weighted by atomic mass is 32.1. The summed E-state index contributed by atoms with van der Waals surface area (Å²) in [5.41, 5.74) is 3.39. The Labute approximate surface area is 206 Å². The van der Waals surface area contributed by atoms with Gasteiger partial charge in [-0.2, -0.15) is 5.10 Å². The summed E-state index contributed by atoms with van der Waals surface area (Å²) in [6.07, 6.45) is 4.58. The van der Waals surface area contributed by atoms with Crippen LogP contribution in [0.5, 0.6) is 0 Å². The molecular formula is C25H28N6O3S. The van der Waals surface area contributed by atoms with Gasteiger partial charge in [-0.1, -0.05) is 0 Å². The Morgan fingerprint density at radius 2 is 2.03 bits per heavy atom. The summed E-state index contributed by atoms with van der Waals surface area (Å²) in [5, 5.41) is 16.4. The lowest BCUT2D eigenvalue weighted by atomic mass is 9.87. The molecule has 1 N–H and O–H groups in total. The van der Waals surface area contributed by atoms with Crippen LogP contribution in [-0.4, -0.2) is 58.9 Å². The number of carbonyl (C=O) groups is 1. The predicted molar refractivity (Wildman–Crippen MR) is 132 cm³/mol. The molecule has 1 aliphatic carbocycles. The number of nitrogens with zero attached hydrogens (tertiary/aromatic N) is 6. The van der Waals surface area contributed by atoms with Crippen LogP contribution in [0.3, 0.4) is 0 Å². The number of piperidine rings is 1. The molecule has 1 aliphatic heterocycles. The number of ether oxygens (including phenoxy) is 1. The van der Waals surface area contributed by atoms with E-state index in [1.165, 1.54) is 11.3 Å². The van der Waals surface area contributed by atoms with Crippen molar-refractivity contribution in [2.45, 2.75) is 64.7 Å². The van der Waals surface area contributed by atoms with Gasteiger partial charge in [0.2, 0.25) is 0 Å². The number of likely N-dealkylation sites (tertiary alicyclic amines) is 1. The quantitative estimate of drug-likeness (QED) is 0.446. The zero-order valence-electron chi connectivity index (χ0n) is 20.4. The van der Waals surface area contributed by atoms with Crippen LogP contribution in [0.25, 0.3) is 27.4 Å². The van der Waals surface area contributed by atoms with Crippen LogP contribution in [0.4, 0.5) is 4.79 Å². The molecule has 0 unspecified atom stereocenters. The zero-order valence-corrected chi connectivity index (χ0v) is 21.3. The van der Waals surface area contributed by atoms with E-state index in [1.54, 1.807) is 15.6 Å². The fourth-order valence-electron chi connectivity index (χ4n) is 5.35. The topological polar surface area (TPSA) is 106 Å². The number of imidazole rings is 1. The van der Waals surface area contributed by atoms with E-state index < -0.39 is 11.2 Å². The van der Waals surface area contributed by atoms with E-state index in [9.17, 15) is 9.90 Å². The average Bonchev–Trinajstić information content (AvgIpc) is 3.52. The maximum Gasteiger partial charge on any atom is 0.410 e. The van der Waals surface area contributed by atoms with Crippen LogP contribution in [0.15, 0.2) is 24.5 Å². The van der Waals surface area contributed by atoms with Gasteiger partial charge >= 0.3 is 6.09 Å². The van der Waals surface area contributed by atoms with Gasteiger partial charge in [-0.25, -0.2) is 19.3 Å². The van der Waals surface area contributed by atoms with Crippen LogP contribution in [0, 0.1) is 19.8 Å². The van der Waals surface area contributed by atoms with E-state index in [0.717, 1.165) is 44.2 Å². The number of hydrogen-bond donors (Lipinski definition) is 1. The second-order valence-corrected chi connectivity index (χ2v) is 11.8. The van der Waals surface area contributed by atoms with Crippen LogP contribution < -0.4 is 0 Å². The molecule has 0 aromatic carbocycles. The lowest BCUT2D eigenvalue weighted by molar-refractivity contribution is -0.0415. The summed E-state index contributed by atoms with van der Waals surface area (Å²) in [4.78, 5) is 30.0. The number of aliphatic hydroxyl groups is 1. The number of aromatic nitrogens is 5. The number of rotatable bonds is 2. The molecule has 5 heterocycles. The minimum Gasteiger partial charge on any atom is -0.444 e. The molecule has 9 nitrogen and oxygen atoms in total. The van der Waals surface area contributed by atoms with E-state index in [0.29, 0.717) is 18.7 Å². The summed E-state index contributed by atoms with van der Waals surface area (Å²) in [6.45, 7) is 10.0. The molecule has 10 heteroatoms. The predicted octanol–water partition coefficient (Wildman–Crippen LogP) is 4.23. The summed E-state index contributed by atoms with van der Waals surface area (Å²) in [7, 11) is 0. The van der Waals surface area contributed by atoms with Crippen molar-refractivity contribution in [3.8, 4) is 11.4 Å². The van der Waals surface area contributed by atoms with E-state index in [1.807, 2.05) is 52.9 Å². The Hall–Kier alpha value is -3.11. The third-order valence-corrected chi connectivity index (χ3v) is 8.11. The van der Waals surface area contributed by atoms with E-state index in [-0.39, 0.29) is 18.1 Å². The molecule has 6 rings (SSSR count). The highest BCUT2D eigenvalue weighted by Crippen LogP contribution is 2.52. The third kappa shape index (κ3) is 3.66. The third-order valence-electron chi connectivity index (χ3n) is 6.93. The Bertz CT molecular complexity index is 1490. The van der Waals surface area contributed by atoms with Gasteiger partial charge in [0.15, 0.2) is 5.65 Å². The molecule has 182 valence electrons. The fraction of sp³-hybridized carbons (Fsp3) is 0.480. The molecule has 4 aromatic heterocycles. The summed E-state index contributed by atoms with van der Waals surface area (Å²) in [6, 6.07) is 3.89. The largest absolute Gasteiger partial charge is 0.444 e. The van der Waals surface area contributed by atoms with Gasteiger partial charge in [-0.05, 0) is 58.7 Å². The summed E-state index contributed by atoms with van der Waals surface area (Å²) >= 11 is 1.47. The highest BCUT2D eigenvalue weighted by molar-refractivity contribution is 7.18. The van der Waals surface area contributed by atoms with Gasteiger partial charge < -0.3 is 14.7 Å². The first-order chi connectivity index (χ1) is 16.5. The lowest BCUT2D eigenvalue weighted by Crippen LogP contribution is -2.47. The van der Waals surface area contributed by atoms with Crippen molar-refractivity contribution < 1.29 is 14.6 Å². The second kappa shape index (κ2) is 7.44. The second-order valence-electron chi connectivity index (χ2n) is 10.8. The van der Waals surface area contributed by atoms with Gasteiger partial charge in [0.05, 0.1) is 18.1 Å². The van der Waals surface area contributed by atoms with Gasteiger partial charge in [0, 0.05) is 29.8 Å². The smallest absolute Gasteiger partial charge is 0.410 e. The molecule has 2 aliphatic rings. The normalized spacial score (nSPS) is 24.1. The minimum atomic E-state index is -0.988. The lowest BCUT2D eigenvalue weighted by Gasteiger charge is -2.37. The Morgan fingerprint density at radius 3 is 2.74 bits per heavy atom. The molecule has 1 amide bonds. The van der Waals surface area contributed by atoms with Crippen LogP contribution in [0.1, 0.15) is 49.7 Å². The number of fused-ring (bicyclic) bond motifs is 4. The van der Waals surface area contributed by atoms with Crippen LogP contribution in [0.2, 0.25) is 0 Å². The van der Waals surface area contributed by atoms with E-state index in [4.69, 9.17) is 9.72 Å². The molecular weight excluding hydrogens is 464 g/mol. The molecule has 4 aromatic rings. The maximum atomic E-state index is 12.6. The van der Waals surface area contributed by atoms with Crippen molar-refractivity contribution in [2.24, 2.45) is 5.92 Å². The first-order valence-corrected chi connectivity index (χ1v) is 12.6. The molecule has 35 heavy (non-hydrogen) atoms. The first-order valence-electron chi connectivity index (χ1n) is 11.8. The molecule has 2 bridgehead atoms. The number of amides is 1. The average molecular weight is 493 g/mol. The monoisotopic (exact) mass is 492 g/mol. The molecule has 3 atom stereocenters. The molecule has 0 spiro atoms. The summed E-state index contributed by atoms with van der Waals surface area (Å²) in [5.74, 6) is -0.0382. The summed E-state index contributed by atoms with van der Waals surface area (Å²) < 4.78 is 7.34. The molecule has 1 saturated carbocycles. The van der Waals surface area contributed by atoms with Crippen LogP contribution >= 0.6 is 11.3 Å². The SMILES string of the molecule is Cc1cn2nc(-c3cnc4cc([C@@]5(O)C[C@H]6C[C@@H]5CN6C(=O)OC(C)(C)C)sc4n3)cc(C)c2n1. The van der Waals surface area contributed by atoms with Gasteiger partial charge in [-0.15, -0.1) is 11.3 Å². The maximum absolute atomic E-state index is 12.6. The molecule has 0 radical (unpaired) electrons. The number of carbonyl (C=O) groups excluding carboxylic acids is 1. The minimum absolute atomic E-state index is 0.0286. The first kappa shape index (κ1) is 22.4. The van der Waals surface area contributed by atoms with E-state index >= 15 is 0 Å².